The molecule has 0 saturated heterocycles. The lowest BCUT2D eigenvalue weighted by Crippen LogP contribution is -2.12. The molecule has 0 aliphatic carbocycles. The molecule has 1 aromatic rings. The second-order valence-corrected chi connectivity index (χ2v) is 3.49. The fourth-order valence-electron chi connectivity index (χ4n) is 1.62. The fraction of sp³-hybridized carbons (Fsp3) is 0.455. The van der Waals surface area contributed by atoms with E-state index in [2.05, 4.69) is 0 Å². The summed E-state index contributed by atoms with van der Waals surface area (Å²) in [6.45, 7) is 2.48. The van der Waals surface area contributed by atoms with Crippen molar-refractivity contribution >= 4 is 0 Å². The SMILES string of the molecule is COc1cc2c(cc1C(C)O)OCOC2. The third kappa shape index (κ3) is 1.91. The summed E-state index contributed by atoms with van der Waals surface area (Å²) in [4.78, 5) is 0. The summed E-state index contributed by atoms with van der Waals surface area (Å²) in [7, 11) is 1.58. The third-order valence-electron chi connectivity index (χ3n) is 2.42. The third-order valence-corrected chi connectivity index (χ3v) is 2.42. The first-order valence-electron chi connectivity index (χ1n) is 4.82. The number of fused-ring (bicyclic) bond motifs is 1. The summed E-state index contributed by atoms with van der Waals surface area (Å²) < 4.78 is 15.7. The van der Waals surface area contributed by atoms with Crippen LogP contribution in [0, 0.1) is 0 Å². The van der Waals surface area contributed by atoms with E-state index in [4.69, 9.17) is 14.2 Å². The summed E-state index contributed by atoms with van der Waals surface area (Å²) in [5.74, 6) is 1.43. The first-order chi connectivity index (χ1) is 7.22. The monoisotopic (exact) mass is 210 g/mol. The second-order valence-electron chi connectivity index (χ2n) is 3.49. The van der Waals surface area contributed by atoms with Crippen LogP contribution in [-0.2, 0) is 11.3 Å². The Kier molecular flexibility index (Phi) is 2.79. The van der Waals surface area contributed by atoms with Crippen LogP contribution in [0.2, 0.25) is 0 Å². The van der Waals surface area contributed by atoms with Crippen molar-refractivity contribution < 1.29 is 19.3 Å². The van der Waals surface area contributed by atoms with E-state index in [1.54, 1.807) is 20.1 Å². The molecule has 1 N–H and O–H groups in total. The van der Waals surface area contributed by atoms with Crippen LogP contribution in [0.3, 0.4) is 0 Å². The first kappa shape index (κ1) is 10.3. The van der Waals surface area contributed by atoms with Crippen molar-refractivity contribution in [2.75, 3.05) is 13.9 Å². The Morgan fingerprint density at radius 3 is 2.93 bits per heavy atom. The maximum absolute atomic E-state index is 9.57. The van der Waals surface area contributed by atoms with Crippen LogP contribution < -0.4 is 9.47 Å². The number of ether oxygens (including phenoxy) is 3. The number of hydrogen-bond acceptors (Lipinski definition) is 4. The average molecular weight is 210 g/mol. The molecule has 0 bridgehead atoms. The highest BCUT2D eigenvalue weighted by atomic mass is 16.7. The van der Waals surface area contributed by atoms with E-state index in [-0.39, 0.29) is 6.79 Å². The van der Waals surface area contributed by atoms with Crippen LogP contribution in [0.4, 0.5) is 0 Å². The molecular formula is C11H14O4. The minimum atomic E-state index is -0.573. The highest BCUT2D eigenvalue weighted by Gasteiger charge is 2.17. The molecule has 4 nitrogen and oxygen atoms in total. The lowest BCUT2D eigenvalue weighted by Gasteiger charge is -2.21. The van der Waals surface area contributed by atoms with Crippen molar-refractivity contribution in [3.63, 3.8) is 0 Å². The van der Waals surface area contributed by atoms with Gasteiger partial charge >= 0.3 is 0 Å². The lowest BCUT2D eigenvalue weighted by atomic mass is 10.1. The zero-order valence-electron chi connectivity index (χ0n) is 8.82. The van der Waals surface area contributed by atoms with Crippen molar-refractivity contribution in [3.05, 3.63) is 23.3 Å². The Balaban J connectivity index is 2.46. The van der Waals surface area contributed by atoms with Gasteiger partial charge in [0.05, 0.1) is 19.8 Å². The van der Waals surface area contributed by atoms with E-state index >= 15 is 0 Å². The smallest absolute Gasteiger partial charge is 0.189 e. The maximum Gasteiger partial charge on any atom is 0.189 e. The molecule has 1 aliphatic heterocycles. The lowest BCUT2D eigenvalue weighted by molar-refractivity contribution is -0.0167. The number of methoxy groups -OCH3 is 1. The molecule has 2 rings (SSSR count). The van der Waals surface area contributed by atoms with Gasteiger partial charge in [0, 0.05) is 11.1 Å². The van der Waals surface area contributed by atoms with E-state index in [1.807, 2.05) is 6.07 Å². The Labute approximate surface area is 88.4 Å². The largest absolute Gasteiger partial charge is 0.496 e. The van der Waals surface area contributed by atoms with Crippen molar-refractivity contribution in [2.45, 2.75) is 19.6 Å². The topological polar surface area (TPSA) is 47.9 Å². The molecule has 0 fully saturated rings. The van der Waals surface area contributed by atoms with E-state index in [9.17, 15) is 5.11 Å². The predicted molar refractivity (Wildman–Crippen MR) is 53.9 cm³/mol. The van der Waals surface area contributed by atoms with Crippen molar-refractivity contribution in [3.8, 4) is 11.5 Å². The van der Waals surface area contributed by atoms with Gasteiger partial charge in [-0.2, -0.15) is 0 Å². The molecule has 0 spiro atoms. The van der Waals surface area contributed by atoms with Crippen LogP contribution in [-0.4, -0.2) is 19.0 Å². The summed E-state index contributed by atoms with van der Waals surface area (Å²) in [6.07, 6.45) is -0.573. The highest BCUT2D eigenvalue weighted by Crippen LogP contribution is 2.34. The number of aliphatic hydroxyl groups is 1. The molecule has 0 aromatic heterocycles. The standard InChI is InChI=1S/C11H14O4/c1-7(12)9-4-10-8(3-11(9)13-2)5-14-6-15-10/h3-4,7,12H,5-6H2,1-2H3. The van der Waals surface area contributed by atoms with Gasteiger partial charge in [0.2, 0.25) is 0 Å². The number of hydrogen-bond donors (Lipinski definition) is 1. The van der Waals surface area contributed by atoms with Gasteiger partial charge in [0.1, 0.15) is 11.5 Å². The normalized spacial score (nSPS) is 16.5. The van der Waals surface area contributed by atoms with Crippen molar-refractivity contribution in [1.82, 2.24) is 0 Å². The maximum atomic E-state index is 9.57. The molecule has 4 heteroatoms. The van der Waals surface area contributed by atoms with Gasteiger partial charge in [-0.1, -0.05) is 0 Å². The van der Waals surface area contributed by atoms with Gasteiger partial charge in [-0.15, -0.1) is 0 Å². The van der Waals surface area contributed by atoms with E-state index in [1.165, 1.54) is 0 Å². The van der Waals surface area contributed by atoms with Crippen LogP contribution >= 0.6 is 0 Å². The molecule has 1 aliphatic rings. The van der Waals surface area contributed by atoms with Crippen molar-refractivity contribution in [1.29, 1.82) is 0 Å². The van der Waals surface area contributed by atoms with Crippen LogP contribution in [0.1, 0.15) is 24.2 Å². The highest BCUT2D eigenvalue weighted by molar-refractivity contribution is 5.47. The Hall–Kier alpha value is -1.26. The molecule has 0 saturated carbocycles. The molecule has 1 unspecified atom stereocenters. The van der Waals surface area contributed by atoms with Gasteiger partial charge in [0.25, 0.3) is 0 Å². The van der Waals surface area contributed by atoms with E-state index in [0.717, 1.165) is 16.9 Å². The summed E-state index contributed by atoms with van der Waals surface area (Å²) in [5.41, 5.74) is 1.68. The minimum absolute atomic E-state index is 0.262. The van der Waals surface area contributed by atoms with Crippen LogP contribution in [0.25, 0.3) is 0 Å². The van der Waals surface area contributed by atoms with E-state index in [0.29, 0.717) is 12.4 Å². The van der Waals surface area contributed by atoms with E-state index < -0.39 is 6.10 Å². The minimum Gasteiger partial charge on any atom is -0.496 e. The zero-order chi connectivity index (χ0) is 10.8. The van der Waals surface area contributed by atoms with Gasteiger partial charge < -0.3 is 19.3 Å². The molecular weight excluding hydrogens is 196 g/mol. The molecule has 1 heterocycles. The van der Waals surface area contributed by atoms with Gasteiger partial charge in [-0.3, -0.25) is 0 Å². The molecule has 1 atom stereocenters. The molecule has 15 heavy (non-hydrogen) atoms. The summed E-state index contributed by atoms with van der Waals surface area (Å²) in [5, 5.41) is 9.57. The van der Waals surface area contributed by atoms with Gasteiger partial charge in [-0.25, -0.2) is 0 Å². The Bertz CT molecular complexity index is 360. The van der Waals surface area contributed by atoms with Crippen molar-refractivity contribution in [2.24, 2.45) is 0 Å². The Morgan fingerprint density at radius 2 is 2.27 bits per heavy atom. The summed E-state index contributed by atoms with van der Waals surface area (Å²) >= 11 is 0. The van der Waals surface area contributed by atoms with Gasteiger partial charge in [-0.05, 0) is 19.1 Å². The van der Waals surface area contributed by atoms with Crippen LogP contribution in [0.15, 0.2) is 12.1 Å². The predicted octanol–water partition coefficient (Wildman–Crippen LogP) is 1.61. The van der Waals surface area contributed by atoms with Gasteiger partial charge in [0.15, 0.2) is 6.79 Å². The average Bonchev–Trinajstić information content (AvgIpc) is 2.27. The molecule has 82 valence electrons. The summed E-state index contributed by atoms with van der Waals surface area (Å²) in [6, 6.07) is 3.65. The molecule has 0 amide bonds. The quantitative estimate of drug-likeness (QED) is 0.805. The molecule has 1 aromatic carbocycles. The second kappa shape index (κ2) is 4.08. The zero-order valence-corrected chi connectivity index (χ0v) is 8.82. The fourth-order valence-corrected chi connectivity index (χ4v) is 1.62. The number of aliphatic hydroxyl groups excluding tert-OH is 1. The Morgan fingerprint density at radius 1 is 1.47 bits per heavy atom. The number of benzene rings is 1. The molecule has 0 radical (unpaired) electrons. The van der Waals surface area contributed by atoms with Crippen LogP contribution in [0.5, 0.6) is 11.5 Å². The first-order valence-corrected chi connectivity index (χ1v) is 4.82. The number of rotatable bonds is 2.